The highest BCUT2D eigenvalue weighted by atomic mass is 16.5. The molecule has 0 bridgehead atoms. The number of rotatable bonds is 5. The summed E-state index contributed by atoms with van der Waals surface area (Å²) >= 11 is 0. The Morgan fingerprint density at radius 1 is 0.923 bits per heavy atom. The Hall–Kier alpha value is -3.28. The molecule has 6 heteroatoms. The zero-order valence-electron chi connectivity index (χ0n) is 15.1. The molecule has 0 saturated heterocycles. The van der Waals surface area contributed by atoms with E-state index in [2.05, 4.69) is 10.3 Å². The third kappa shape index (κ3) is 3.39. The third-order valence-corrected chi connectivity index (χ3v) is 4.08. The van der Waals surface area contributed by atoms with Crippen molar-refractivity contribution in [1.29, 1.82) is 0 Å². The number of hydrogen-bond donors (Lipinski definition) is 1. The van der Waals surface area contributed by atoms with E-state index >= 15 is 0 Å². The number of amidine groups is 1. The molecule has 1 amide bonds. The van der Waals surface area contributed by atoms with Gasteiger partial charge in [0.05, 0.1) is 21.3 Å². The van der Waals surface area contributed by atoms with Gasteiger partial charge < -0.3 is 19.5 Å². The smallest absolute Gasteiger partial charge is 0.275 e. The van der Waals surface area contributed by atoms with Gasteiger partial charge >= 0.3 is 0 Å². The first-order valence-corrected chi connectivity index (χ1v) is 8.04. The molecule has 0 fully saturated rings. The molecule has 1 heterocycles. The molecule has 134 valence electrons. The number of aryl methyl sites for hydroxylation is 1. The minimum atomic E-state index is -0.247. The summed E-state index contributed by atoms with van der Waals surface area (Å²) < 4.78 is 15.8. The van der Waals surface area contributed by atoms with Crippen LogP contribution < -0.4 is 19.5 Å². The van der Waals surface area contributed by atoms with E-state index in [1.807, 2.05) is 31.2 Å². The molecule has 0 saturated carbocycles. The molecule has 2 aromatic carbocycles. The lowest BCUT2D eigenvalue weighted by Gasteiger charge is -2.09. The summed E-state index contributed by atoms with van der Waals surface area (Å²) in [5.74, 6) is 2.23. The van der Waals surface area contributed by atoms with Crippen LogP contribution in [-0.4, -0.2) is 33.1 Å². The first-order valence-electron chi connectivity index (χ1n) is 8.04. The molecular weight excluding hydrogens is 332 g/mol. The lowest BCUT2D eigenvalue weighted by atomic mass is 10.1. The number of ether oxygens (including phenoxy) is 3. The van der Waals surface area contributed by atoms with Crippen LogP contribution in [0.3, 0.4) is 0 Å². The Morgan fingerprint density at radius 3 is 2.27 bits per heavy atom. The van der Waals surface area contributed by atoms with E-state index in [4.69, 9.17) is 14.2 Å². The highest BCUT2D eigenvalue weighted by Gasteiger charge is 2.22. The molecule has 2 aromatic rings. The predicted octanol–water partition coefficient (Wildman–Crippen LogP) is 2.94. The highest BCUT2D eigenvalue weighted by Crippen LogP contribution is 2.28. The molecule has 0 aromatic heterocycles. The Kier molecular flexibility index (Phi) is 4.93. The summed E-state index contributed by atoms with van der Waals surface area (Å²) in [6, 6.07) is 11.1. The van der Waals surface area contributed by atoms with E-state index < -0.39 is 0 Å². The SMILES string of the molecule is COc1ccc(/C=C2/N=C(c3ccc(OC)c(OC)c3)NC2=O)cc1C. The van der Waals surface area contributed by atoms with Gasteiger partial charge in [0.25, 0.3) is 5.91 Å². The topological polar surface area (TPSA) is 69.2 Å². The normalized spacial score (nSPS) is 14.8. The fraction of sp³-hybridized carbons (Fsp3) is 0.200. The zero-order valence-corrected chi connectivity index (χ0v) is 15.1. The van der Waals surface area contributed by atoms with Gasteiger partial charge in [0.15, 0.2) is 11.5 Å². The molecule has 26 heavy (non-hydrogen) atoms. The second-order valence-corrected chi connectivity index (χ2v) is 5.74. The van der Waals surface area contributed by atoms with Crippen LogP contribution in [0.2, 0.25) is 0 Å². The number of amides is 1. The van der Waals surface area contributed by atoms with Gasteiger partial charge in [0.1, 0.15) is 17.3 Å². The van der Waals surface area contributed by atoms with E-state index in [1.165, 1.54) is 0 Å². The summed E-state index contributed by atoms with van der Waals surface area (Å²) in [6.45, 7) is 1.95. The first kappa shape index (κ1) is 17.5. The number of nitrogens with zero attached hydrogens (tertiary/aromatic N) is 1. The Morgan fingerprint density at radius 2 is 1.62 bits per heavy atom. The van der Waals surface area contributed by atoms with Gasteiger partial charge in [0.2, 0.25) is 0 Å². The third-order valence-electron chi connectivity index (χ3n) is 4.08. The predicted molar refractivity (Wildman–Crippen MR) is 99.9 cm³/mol. The van der Waals surface area contributed by atoms with Crippen LogP contribution >= 0.6 is 0 Å². The highest BCUT2D eigenvalue weighted by molar-refractivity contribution is 6.19. The minimum absolute atomic E-state index is 0.247. The molecule has 0 spiro atoms. The van der Waals surface area contributed by atoms with Crippen molar-refractivity contribution in [3.8, 4) is 17.2 Å². The summed E-state index contributed by atoms with van der Waals surface area (Å²) in [5.41, 5.74) is 2.96. The fourth-order valence-electron chi connectivity index (χ4n) is 2.74. The Bertz CT molecular complexity index is 916. The Balaban J connectivity index is 1.93. The zero-order chi connectivity index (χ0) is 18.7. The number of carbonyl (C=O) groups excluding carboxylic acids is 1. The number of hydrogen-bond acceptors (Lipinski definition) is 5. The van der Waals surface area contributed by atoms with Crippen LogP contribution in [0.1, 0.15) is 16.7 Å². The van der Waals surface area contributed by atoms with Crippen molar-refractivity contribution in [2.45, 2.75) is 6.92 Å². The van der Waals surface area contributed by atoms with Crippen molar-refractivity contribution in [3.05, 3.63) is 58.8 Å². The molecular formula is C20H20N2O4. The summed E-state index contributed by atoms with van der Waals surface area (Å²) in [6.07, 6.45) is 1.75. The van der Waals surface area contributed by atoms with Crippen LogP contribution in [0.5, 0.6) is 17.2 Å². The molecule has 1 aliphatic heterocycles. The van der Waals surface area contributed by atoms with Gasteiger partial charge in [-0.15, -0.1) is 0 Å². The number of methoxy groups -OCH3 is 3. The van der Waals surface area contributed by atoms with Gasteiger partial charge in [-0.05, 0) is 54.5 Å². The van der Waals surface area contributed by atoms with Gasteiger partial charge in [-0.1, -0.05) is 6.07 Å². The van der Waals surface area contributed by atoms with Crippen LogP contribution in [0.15, 0.2) is 47.1 Å². The van der Waals surface area contributed by atoms with Gasteiger partial charge in [-0.25, -0.2) is 4.99 Å². The largest absolute Gasteiger partial charge is 0.496 e. The average molecular weight is 352 g/mol. The van der Waals surface area contributed by atoms with E-state index in [1.54, 1.807) is 39.5 Å². The number of nitrogens with one attached hydrogen (secondary N) is 1. The lowest BCUT2D eigenvalue weighted by molar-refractivity contribution is -0.115. The molecule has 1 N–H and O–H groups in total. The minimum Gasteiger partial charge on any atom is -0.496 e. The maximum Gasteiger partial charge on any atom is 0.275 e. The molecule has 6 nitrogen and oxygen atoms in total. The molecule has 0 atom stereocenters. The second kappa shape index (κ2) is 7.31. The molecule has 1 aliphatic rings. The van der Waals surface area contributed by atoms with Crippen molar-refractivity contribution in [3.63, 3.8) is 0 Å². The van der Waals surface area contributed by atoms with E-state index in [-0.39, 0.29) is 5.91 Å². The van der Waals surface area contributed by atoms with Crippen molar-refractivity contribution < 1.29 is 19.0 Å². The van der Waals surface area contributed by atoms with E-state index in [0.717, 1.165) is 22.4 Å². The fourth-order valence-corrected chi connectivity index (χ4v) is 2.74. The van der Waals surface area contributed by atoms with Crippen molar-refractivity contribution >= 4 is 17.8 Å². The summed E-state index contributed by atoms with van der Waals surface area (Å²) in [7, 11) is 4.77. The maximum absolute atomic E-state index is 12.3. The number of aliphatic imine (C=N–C) groups is 1. The standard InChI is InChI=1S/C20H20N2O4/c1-12-9-13(5-7-16(12)24-2)10-15-20(23)22-19(21-15)14-6-8-17(25-3)18(11-14)26-4/h5-11H,1-4H3,(H,21,22,23)/b15-10+. The summed E-state index contributed by atoms with van der Waals surface area (Å²) in [5, 5.41) is 2.79. The van der Waals surface area contributed by atoms with Gasteiger partial charge in [-0.2, -0.15) is 0 Å². The Labute approximate surface area is 152 Å². The van der Waals surface area contributed by atoms with Gasteiger partial charge in [0, 0.05) is 5.56 Å². The maximum atomic E-state index is 12.3. The van der Waals surface area contributed by atoms with Gasteiger partial charge in [-0.3, -0.25) is 4.79 Å². The lowest BCUT2D eigenvalue weighted by Crippen LogP contribution is -2.24. The van der Waals surface area contributed by atoms with Crippen molar-refractivity contribution in [2.75, 3.05) is 21.3 Å². The quantitative estimate of drug-likeness (QED) is 0.840. The second-order valence-electron chi connectivity index (χ2n) is 5.74. The molecule has 0 radical (unpaired) electrons. The van der Waals surface area contributed by atoms with Crippen LogP contribution in [-0.2, 0) is 4.79 Å². The average Bonchev–Trinajstić information content (AvgIpc) is 3.01. The number of carbonyl (C=O) groups is 1. The van der Waals surface area contributed by atoms with Crippen LogP contribution in [0, 0.1) is 6.92 Å². The molecule has 0 aliphatic carbocycles. The van der Waals surface area contributed by atoms with E-state index in [0.29, 0.717) is 23.0 Å². The van der Waals surface area contributed by atoms with Crippen molar-refractivity contribution in [2.24, 2.45) is 4.99 Å². The van der Waals surface area contributed by atoms with Crippen molar-refractivity contribution in [1.82, 2.24) is 5.32 Å². The molecule has 3 rings (SSSR count). The number of benzene rings is 2. The monoisotopic (exact) mass is 352 g/mol. The van der Waals surface area contributed by atoms with Crippen LogP contribution in [0.4, 0.5) is 0 Å². The first-order chi connectivity index (χ1) is 12.5. The van der Waals surface area contributed by atoms with Crippen LogP contribution in [0.25, 0.3) is 6.08 Å². The summed E-state index contributed by atoms with van der Waals surface area (Å²) in [4.78, 5) is 16.7. The van der Waals surface area contributed by atoms with E-state index in [9.17, 15) is 4.79 Å². The molecule has 0 unspecified atom stereocenters.